The summed E-state index contributed by atoms with van der Waals surface area (Å²) in [5.41, 5.74) is 0.377. The summed E-state index contributed by atoms with van der Waals surface area (Å²) in [6, 6.07) is 3.61. The lowest BCUT2D eigenvalue weighted by Crippen LogP contribution is -2.46. The summed E-state index contributed by atoms with van der Waals surface area (Å²) in [6.45, 7) is 1.22. The van der Waals surface area contributed by atoms with Crippen molar-refractivity contribution in [1.29, 1.82) is 0 Å². The molecule has 1 aliphatic rings. The lowest BCUT2D eigenvalue weighted by atomic mass is 9.75. The van der Waals surface area contributed by atoms with Gasteiger partial charge in [0.1, 0.15) is 0 Å². The zero-order valence-corrected chi connectivity index (χ0v) is 17.7. The summed E-state index contributed by atoms with van der Waals surface area (Å²) >= 11 is 0. The second kappa shape index (κ2) is 8.25. The van der Waals surface area contributed by atoms with Gasteiger partial charge in [0.15, 0.2) is 10.9 Å². The fraction of sp³-hybridized carbons (Fsp3) is 0.474. The standard InChI is InChI=1S/C19H24N6O4S/c1-24-13-16(21-14-24)30(26,27)25-10-5-19(6-11-25,7-12-28-2)18-22-17(29-23-18)15-3-8-20-9-4-15/h3-4,8-9,13-14H,5-7,10-12H2,1-2H3. The summed E-state index contributed by atoms with van der Waals surface area (Å²) in [5, 5.41) is 4.31. The molecule has 3 aromatic heterocycles. The van der Waals surface area contributed by atoms with E-state index in [9.17, 15) is 8.42 Å². The van der Waals surface area contributed by atoms with E-state index >= 15 is 0 Å². The Hall–Kier alpha value is -2.63. The molecule has 3 aromatic rings. The Morgan fingerprint density at radius 3 is 2.60 bits per heavy atom. The Morgan fingerprint density at radius 1 is 1.23 bits per heavy atom. The van der Waals surface area contributed by atoms with E-state index in [2.05, 4.69) is 20.1 Å². The molecule has 0 radical (unpaired) electrons. The molecule has 0 aliphatic carbocycles. The van der Waals surface area contributed by atoms with Gasteiger partial charge < -0.3 is 13.8 Å². The van der Waals surface area contributed by atoms with Crippen LogP contribution in [0.2, 0.25) is 0 Å². The molecular weight excluding hydrogens is 408 g/mol. The maximum absolute atomic E-state index is 12.9. The SMILES string of the molecule is COCCC1(c2noc(-c3ccncc3)n2)CCN(S(=O)(=O)c2cn(C)cn2)CC1. The van der Waals surface area contributed by atoms with Crippen LogP contribution in [0.25, 0.3) is 11.5 Å². The van der Waals surface area contributed by atoms with Crippen LogP contribution in [0, 0.1) is 0 Å². The third kappa shape index (κ3) is 3.87. The molecule has 4 rings (SSSR count). The summed E-state index contributed by atoms with van der Waals surface area (Å²) < 4.78 is 39.8. The second-order valence-electron chi connectivity index (χ2n) is 7.46. The van der Waals surface area contributed by atoms with Crippen molar-refractivity contribution in [2.24, 2.45) is 7.05 Å². The first-order valence-corrected chi connectivity index (χ1v) is 11.1. The molecule has 4 heterocycles. The van der Waals surface area contributed by atoms with Crippen LogP contribution < -0.4 is 0 Å². The molecule has 0 amide bonds. The van der Waals surface area contributed by atoms with Crippen LogP contribution in [0.4, 0.5) is 0 Å². The predicted octanol–water partition coefficient (Wildman–Crippen LogP) is 1.62. The molecule has 0 saturated carbocycles. The summed E-state index contributed by atoms with van der Waals surface area (Å²) in [6.07, 6.45) is 8.15. The highest BCUT2D eigenvalue weighted by atomic mass is 32.2. The van der Waals surface area contributed by atoms with E-state index in [4.69, 9.17) is 9.26 Å². The summed E-state index contributed by atoms with van der Waals surface area (Å²) in [4.78, 5) is 12.6. The largest absolute Gasteiger partial charge is 0.385 e. The quantitative estimate of drug-likeness (QED) is 0.553. The lowest BCUT2D eigenvalue weighted by Gasteiger charge is -2.38. The maximum Gasteiger partial charge on any atom is 0.262 e. The molecule has 11 heteroatoms. The van der Waals surface area contributed by atoms with Crippen LogP contribution in [0.1, 0.15) is 25.1 Å². The smallest absolute Gasteiger partial charge is 0.262 e. The minimum Gasteiger partial charge on any atom is -0.385 e. The van der Waals surface area contributed by atoms with Gasteiger partial charge in [-0.05, 0) is 31.4 Å². The molecule has 0 unspecified atom stereocenters. The number of aromatic nitrogens is 5. The first-order valence-electron chi connectivity index (χ1n) is 9.66. The van der Waals surface area contributed by atoms with E-state index in [-0.39, 0.29) is 5.03 Å². The molecule has 1 fully saturated rings. The van der Waals surface area contributed by atoms with E-state index in [0.717, 1.165) is 5.56 Å². The van der Waals surface area contributed by atoms with Crippen LogP contribution in [0.15, 0.2) is 46.6 Å². The predicted molar refractivity (Wildman–Crippen MR) is 107 cm³/mol. The minimum atomic E-state index is -3.63. The number of imidazole rings is 1. The topological polar surface area (TPSA) is 116 Å². The third-order valence-corrected chi connectivity index (χ3v) is 7.36. The van der Waals surface area contributed by atoms with Gasteiger partial charge in [0, 0.05) is 63.4 Å². The van der Waals surface area contributed by atoms with Crippen molar-refractivity contribution in [1.82, 2.24) is 29.0 Å². The Kier molecular flexibility index (Phi) is 5.67. The molecule has 0 aromatic carbocycles. The van der Waals surface area contributed by atoms with Gasteiger partial charge in [-0.15, -0.1) is 0 Å². The fourth-order valence-corrected chi connectivity index (χ4v) is 5.15. The van der Waals surface area contributed by atoms with Gasteiger partial charge in [-0.1, -0.05) is 5.16 Å². The number of piperidine rings is 1. The maximum atomic E-state index is 12.9. The van der Waals surface area contributed by atoms with Crippen LogP contribution in [0.5, 0.6) is 0 Å². The Balaban J connectivity index is 1.57. The van der Waals surface area contributed by atoms with Gasteiger partial charge >= 0.3 is 0 Å². The van der Waals surface area contributed by atoms with E-state index in [1.165, 1.54) is 16.8 Å². The van der Waals surface area contributed by atoms with Crippen molar-refractivity contribution in [2.75, 3.05) is 26.8 Å². The third-order valence-electron chi connectivity index (χ3n) is 5.58. The van der Waals surface area contributed by atoms with Gasteiger partial charge in [-0.25, -0.2) is 13.4 Å². The van der Waals surface area contributed by atoms with E-state index < -0.39 is 15.4 Å². The molecule has 160 valence electrons. The number of methoxy groups -OCH3 is 1. The van der Waals surface area contributed by atoms with Crippen molar-refractivity contribution in [2.45, 2.75) is 29.7 Å². The average molecular weight is 433 g/mol. The molecular formula is C19H24N6O4S. The zero-order chi connectivity index (χ0) is 21.2. The van der Waals surface area contributed by atoms with E-state index in [1.54, 1.807) is 43.3 Å². The van der Waals surface area contributed by atoms with Crippen LogP contribution in [0.3, 0.4) is 0 Å². The Labute approximate surface area is 175 Å². The first-order chi connectivity index (χ1) is 14.4. The van der Waals surface area contributed by atoms with Gasteiger partial charge in [0.2, 0.25) is 0 Å². The van der Waals surface area contributed by atoms with Crippen LogP contribution >= 0.6 is 0 Å². The minimum absolute atomic E-state index is 0.0638. The highest BCUT2D eigenvalue weighted by molar-refractivity contribution is 7.89. The van der Waals surface area contributed by atoms with Crippen molar-refractivity contribution in [3.63, 3.8) is 0 Å². The van der Waals surface area contributed by atoms with Gasteiger partial charge in [-0.3, -0.25) is 4.98 Å². The van der Waals surface area contributed by atoms with Crippen LogP contribution in [-0.2, 0) is 27.2 Å². The van der Waals surface area contributed by atoms with Crippen molar-refractivity contribution < 1.29 is 17.7 Å². The monoisotopic (exact) mass is 432 g/mol. The molecule has 1 aliphatic heterocycles. The van der Waals surface area contributed by atoms with Crippen molar-refractivity contribution in [3.05, 3.63) is 42.9 Å². The first kappa shape index (κ1) is 20.6. The Bertz CT molecular complexity index is 1090. The second-order valence-corrected chi connectivity index (χ2v) is 9.35. The highest BCUT2D eigenvalue weighted by Gasteiger charge is 2.43. The van der Waals surface area contributed by atoms with Crippen molar-refractivity contribution in [3.8, 4) is 11.5 Å². The molecule has 1 saturated heterocycles. The molecule has 0 atom stereocenters. The molecule has 30 heavy (non-hydrogen) atoms. The van der Waals surface area contributed by atoms with E-state index in [1.807, 2.05) is 0 Å². The number of sulfonamides is 1. The number of hydrogen-bond acceptors (Lipinski definition) is 8. The van der Waals surface area contributed by atoms with Gasteiger partial charge in [-0.2, -0.15) is 9.29 Å². The molecule has 0 N–H and O–H groups in total. The number of ether oxygens (including phenoxy) is 1. The fourth-order valence-electron chi connectivity index (χ4n) is 3.74. The normalized spacial score (nSPS) is 17.3. The van der Waals surface area contributed by atoms with Gasteiger partial charge in [0.05, 0.1) is 6.33 Å². The van der Waals surface area contributed by atoms with Crippen LogP contribution in [-0.4, -0.2) is 64.2 Å². The van der Waals surface area contributed by atoms with Crippen molar-refractivity contribution >= 4 is 10.0 Å². The lowest BCUT2D eigenvalue weighted by molar-refractivity contribution is 0.131. The average Bonchev–Trinajstić information content (AvgIpc) is 3.43. The molecule has 0 bridgehead atoms. The highest BCUT2D eigenvalue weighted by Crippen LogP contribution is 2.39. The number of rotatable bonds is 7. The number of nitrogens with zero attached hydrogens (tertiary/aromatic N) is 6. The Morgan fingerprint density at radius 2 is 1.97 bits per heavy atom. The zero-order valence-electron chi connectivity index (χ0n) is 16.9. The summed E-state index contributed by atoms with van der Waals surface area (Å²) in [5.74, 6) is 1.01. The van der Waals surface area contributed by atoms with E-state index in [0.29, 0.717) is 50.7 Å². The number of pyridine rings is 1. The molecule has 10 nitrogen and oxygen atoms in total. The number of aryl methyl sites for hydroxylation is 1. The molecule has 0 spiro atoms. The van der Waals surface area contributed by atoms with Gasteiger partial charge in [0.25, 0.3) is 15.9 Å². The summed E-state index contributed by atoms with van der Waals surface area (Å²) in [7, 11) is -0.242. The number of hydrogen-bond donors (Lipinski definition) is 0.